The van der Waals surface area contributed by atoms with Crippen LogP contribution in [-0.2, 0) is 17.6 Å². The van der Waals surface area contributed by atoms with Gasteiger partial charge in [0.2, 0.25) is 0 Å². The second kappa shape index (κ2) is 14.9. The highest BCUT2D eigenvalue weighted by atomic mass is 16.1. The standard InChI is InChI=1S/C16H27N.C5H12N2.CH2O/c1-6-16-11-10-15(12-13(16)3)9-8-14(4)17(5)7-2;1-6-7-4-2-3-5-7;1-2/h10-12,14H,6-9H2,1-5H3;6H,2-5H2,1H3;1H2. The first kappa shape index (κ1) is 24.8. The molecule has 1 aromatic carbocycles. The molecule has 1 atom stereocenters. The van der Waals surface area contributed by atoms with Gasteiger partial charge in [-0.15, -0.1) is 0 Å². The number of carbonyl (C=O) groups is 1. The molecule has 0 bridgehead atoms. The van der Waals surface area contributed by atoms with Gasteiger partial charge in [0, 0.05) is 19.1 Å². The molecule has 2 rings (SSSR count). The summed E-state index contributed by atoms with van der Waals surface area (Å²) in [5.74, 6) is 0. The molecule has 4 heteroatoms. The summed E-state index contributed by atoms with van der Waals surface area (Å²) in [5, 5.41) is 2.24. The van der Waals surface area contributed by atoms with E-state index >= 15 is 0 Å². The quantitative estimate of drug-likeness (QED) is 0.798. The molecule has 26 heavy (non-hydrogen) atoms. The van der Waals surface area contributed by atoms with E-state index in [1.807, 2.05) is 13.8 Å². The average Bonchev–Trinajstić information content (AvgIpc) is 3.21. The molecular formula is C22H41N3O. The Morgan fingerprint density at radius 3 is 2.27 bits per heavy atom. The van der Waals surface area contributed by atoms with Crippen LogP contribution in [0.25, 0.3) is 0 Å². The van der Waals surface area contributed by atoms with Crippen molar-refractivity contribution in [2.45, 2.75) is 65.8 Å². The third-order valence-corrected chi connectivity index (χ3v) is 5.31. The number of hydrazine groups is 1. The van der Waals surface area contributed by atoms with Gasteiger partial charge in [-0.1, -0.05) is 32.0 Å². The summed E-state index contributed by atoms with van der Waals surface area (Å²) in [6, 6.07) is 7.62. The SMILES string of the molecule is C=O.CCc1ccc(CCC(C)N(C)CC)cc1C.CNN1CCCC1. The molecular weight excluding hydrogens is 322 g/mol. The predicted octanol–water partition coefficient (Wildman–Crippen LogP) is 3.86. The Bertz CT molecular complexity index is 472. The minimum absolute atomic E-state index is 0.672. The van der Waals surface area contributed by atoms with Crippen LogP contribution in [0.2, 0.25) is 0 Å². The number of hydrogen-bond donors (Lipinski definition) is 1. The molecule has 1 aliphatic heterocycles. The molecule has 0 spiro atoms. The van der Waals surface area contributed by atoms with Crippen LogP contribution >= 0.6 is 0 Å². The van der Waals surface area contributed by atoms with Gasteiger partial charge in [0.05, 0.1) is 0 Å². The lowest BCUT2D eigenvalue weighted by molar-refractivity contribution is -0.0979. The summed E-state index contributed by atoms with van der Waals surface area (Å²) < 4.78 is 0. The van der Waals surface area contributed by atoms with Crippen LogP contribution < -0.4 is 5.43 Å². The highest BCUT2D eigenvalue weighted by molar-refractivity contribution is 5.31. The third kappa shape index (κ3) is 9.46. The number of rotatable bonds is 7. The van der Waals surface area contributed by atoms with Gasteiger partial charge < -0.3 is 9.69 Å². The molecule has 1 heterocycles. The normalized spacial score (nSPS) is 15.0. The van der Waals surface area contributed by atoms with Crippen LogP contribution in [0.15, 0.2) is 18.2 Å². The maximum absolute atomic E-state index is 8.00. The number of aryl methyl sites for hydroxylation is 3. The third-order valence-electron chi connectivity index (χ3n) is 5.31. The fourth-order valence-corrected chi connectivity index (χ4v) is 3.16. The maximum Gasteiger partial charge on any atom is 0.106 e. The van der Waals surface area contributed by atoms with Crippen molar-refractivity contribution >= 4 is 6.79 Å². The summed E-state index contributed by atoms with van der Waals surface area (Å²) in [6.45, 7) is 14.6. The van der Waals surface area contributed by atoms with E-state index in [0.717, 1.165) is 13.0 Å². The van der Waals surface area contributed by atoms with Crippen LogP contribution in [0.4, 0.5) is 0 Å². The van der Waals surface area contributed by atoms with Crippen LogP contribution in [0.3, 0.4) is 0 Å². The molecule has 1 fully saturated rings. The Morgan fingerprint density at radius 2 is 1.85 bits per heavy atom. The first-order valence-electron chi connectivity index (χ1n) is 10.0. The zero-order valence-electron chi connectivity index (χ0n) is 18.0. The van der Waals surface area contributed by atoms with Crippen molar-refractivity contribution in [1.82, 2.24) is 15.3 Å². The van der Waals surface area contributed by atoms with E-state index in [4.69, 9.17) is 4.79 Å². The fraction of sp³-hybridized carbons (Fsp3) is 0.682. The Hall–Kier alpha value is -1.23. The highest BCUT2D eigenvalue weighted by Crippen LogP contribution is 2.14. The first-order chi connectivity index (χ1) is 12.5. The lowest BCUT2D eigenvalue weighted by atomic mass is 9.99. The molecule has 1 unspecified atom stereocenters. The zero-order valence-corrected chi connectivity index (χ0v) is 18.0. The van der Waals surface area contributed by atoms with E-state index in [1.54, 1.807) is 0 Å². The summed E-state index contributed by atoms with van der Waals surface area (Å²) in [6.07, 6.45) is 6.30. The Labute approximate surface area is 161 Å². The van der Waals surface area contributed by atoms with Crippen LogP contribution in [-0.4, -0.2) is 56.5 Å². The topological polar surface area (TPSA) is 35.6 Å². The van der Waals surface area contributed by atoms with Gasteiger partial charge in [0.15, 0.2) is 0 Å². The second-order valence-electron chi connectivity index (χ2n) is 6.99. The lowest BCUT2D eigenvalue weighted by Gasteiger charge is -2.23. The molecule has 0 aliphatic carbocycles. The van der Waals surface area contributed by atoms with Gasteiger partial charge in [-0.3, -0.25) is 5.43 Å². The van der Waals surface area contributed by atoms with Crippen molar-refractivity contribution in [3.05, 3.63) is 34.9 Å². The van der Waals surface area contributed by atoms with E-state index in [-0.39, 0.29) is 0 Å². The second-order valence-corrected chi connectivity index (χ2v) is 6.99. The molecule has 0 saturated carbocycles. The van der Waals surface area contributed by atoms with Crippen molar-refractivity contribution < 1.29 is 4.79 Å². The van der Waals surface area contributed by atoms with E-state index < -0.39 is 0 Å². The van der Waals surface area contributed by atoms with E-state index in [9.17, 15) is 0 Å². The van der Waals surface area contributed by atoms with Gasteiger partial charge in [0.1, 0.15) is 6.79 Å². The summed E-state index contributed by atoms with van der Waals surface area (Å²) in [7, 11) is 4.18. The molecule has 4 nitrogen and oxygen atoms in total. The number of hydrogen-bond acceptors (Lipinski definition) is 4. The number of nitrogens with zero attached hydrogens (tertiary/aromatic N) is 2. The number of benzene rings is 1. The Morgan fingerprint density at radius 1 is 1.23 bits per heavy atom. The van der Waals surface area contributed by atoms with Crippen molar-refractivity contribution in [3.63, 3.8) is 0 Å². The highest BCUT2D eigenvalue weighted by Gasteiger charge is 2.08. The molecule has 150 valence electrons. The largest absolute Gasteiger partial charge is 0.307 e. The number of carbonyl (C=O) groups excluding carboxylic acids is 1. The predicted molar refractivity (Wildman–Crippen MR) is 114 cm³/mol. The van der Waals surface area contributed by atoms with Crippen molar-refractivity contribution in [2.75, 3.05) is 33.7 Å². The first-order valence-corrected chi connectivity index (χ1v) is 10.0. The Kier molecular flexibility index (Phi) is 14.2. The van der Waals surface area contributed by atoms with E-state index in [2.05, 4.69) is 68.3 Å². The minimum atomic E-state index is 0.672. The van der Waals surface area contributed by atoms with Crippen LogP contribution in [0, 0.1) is 6.92 Å². The Balaban J connectivity index is 0.000000575. The van der Waals surface area contributed by atoms with E-state index in [0.29, 0.717) is 6.04 Å². The molecule has 1 aromatic rings. The van der Waals surface area contributed by atoms with Gasteiger partial charge in [-0.05, 0) is 83.3 Å². The molecule has 1 aliphatic rings. The van der Waals surface area contributed by atoms with Crippen molar-refractivity contribution in [1.29, 1.82) is 0 Å². The molecule has 1 N–H and O–H groups in total. The maximum atomic E-state index is 8.00. The van der Waals surface area contributed by atoms with Crippen LogP contribution in [0.5, 0.6) is 0 Å². The van der Waals surface area contributed by atoms with E-state index in [1.165, 1.54) is 55.5 Å². The minimum Gasteiger partial charge on any atom is -0.307 e. The van der Waals surface area contributed by atoms with Gasteiger partial charge in [-0.25, -0.2) is 5.01 Å². The molecule has 1 saturated heterocycles. The lowest BCUT2D eigenvalue weighted by Crippen LogP contribution is -2.31. The zero-order chi connectivity index (χ0) is 19.9. The van der Waals surface area contributed by atoms with Crippen molar-refractivity contribution in [2.24, 2.45) is 0 Å². The summed E-state index contributed by atoms with van der Waals surface area (Å²) >= 11 is 0. The molecule has 0 radical (unpaired) electrons. The molecule has 0 aromatic heterocycles. The average molecular weight is 364 g/mol. The van der Waals surface area contributed by atoms with Gasteiger partial charge in [-0.2, -0.15) is 0 Å². The fourth-order valence-electron chi connectivity index (χ4n) is 3.16. The monoisotopic (exact) mass is 363 g/mol. The summed E-state index contributed by atoms with van der Waals surface area (Å²) in [5.41, 5.74) is 7.50. The van der Waals surface area contributed by atoms with Crippen LogP contribution in [0.1, 0.15) is 56.7 Å². The van der Waals surface area contributed by atoms with Gasteiger partial charge >= 0.3 is 0 Å². The van der Waals surface area contributed by atoms with Crippen molar-refractivity contribution in [3.8, 4) is 0 Å². The summed E-state index contributed by atoms with van der Waals surface area (Å²) in [4.78, 5) is 10.4. The van der Waals surface area contributed by atoms with Gasteiger partial charge in [0.25, 0.3) is 0 Å². The number of nitrogens with one attached hydrogen (secondary N) is 1. The molecule has 0 amide bonds. The smallest absolute Gasteiger partial charge is 0.106 e.